The topological polar surface area (TPSA) is 26.0 Å². The van der Waals surface area contributed by atoms with Crippen molar-refractivity contribution in [3.8, 4) is 0 Å². The molecule has 14 heavy (non-hydrogen) atoms. The van der Waals surface area contributed by atoms with Crippen LogP contribution in [0.2, 0.25) is 0 Å². The maximum atomic E-state index is 13.0. The Bertz CT molecular complexity index is 348. The number of nitrogens with two attached hydrogens (primary N) is 1. The molecule has 0 aliphatic rings. The quantitative estimate of drug-likeness (QED) is 0.781. The molecule has 1 rings (SSSR count). The molecule has 1 nitrogen and oxygen atoms in total. The average Bonchev–Trinajstić information content (AvgIpc) is 2.07. The first-order valence-corrected chi connectivity index (χ1v) is 4.40. The molecule has 0 bridgehead atoms. The number of alkyl halides is 3. The molecule has 0 unspecified atom stereocenters. The zero-order chi connectivity index (χ0) is 10.9. The summed E-state index contributed by atoms with van der Waals surface area (Å²) in [5, 5.41) is 0. The van der Waals surface area contributed by atoms with Crippen LogP contribution in [0.25, 0.3) is 0 Å². The minimum Gasteiger partial charge on any atom is -0.326 e. The molecule has 1 aromatic rings. The maximum absolute atomic E-state index is 13.0. The van der Waals surface area contributed by atoms with Gasteiger partial charge in [0.1, 0.15) is 5.82 Å². The molecular formula is C8H6BrF4N. The molecule has 0 saturated carbocycles. The SMILES string of the molecule is NCc1cc(Br)c(F)c(C(F)(F)F)c1. The van der Waals surface area contributed by atoms with Crippen LogP contribution in [0.3, 0.4) is 0 Å². The van der Waals surface area contributed by atoms with Gasteiger partial charge >= 0.3 is 6.18 Å². The lowest BCUT2D eigenvalue weighted by Gasteiger charge is -2.10. The Balaban J connectivity index is 3.35. The second-order valence-electron chi connectivity index (χ2n) is 2.64. The van der Waals surface area contributed by atoms with Crippen molar-refractivity contribution in [2.75, 3.05) is 0 Å². The Labute approximate surface area is 86.0 Å². The van der Waals surface area contributed by atoms with Gasteiger partial charge in [0, 0.05) is 6.54 Å². The van der Waals surface area contributed by atoms with Crippen molar-refractivity contribution in [2.45, 2.75) is 12.7 Å². The van der Waals surface area contributed by atoms with Crippen LogP contribution in [-0.2, 0) is 12.7 Å². The summed E-state index contributed by atoms with van der Waals surface area (Å²) in [6.07, 6.45) is -4.70. The van der Waals surface area contributed by atoms with Gasteiger partial charge in [0.25, 0.3) is 0 Å². The Morgan fingerprint density at radius 3 is 2.29 bits per heavy atom. The summed E-state index contributed by atoms with van der Waals surface area (Å²) in [7, 11) is 0. The molecule has 0 atom stereocenters. The summed E-state index contributed by atoms with van der Waals surface area (Å²) in [5.41, 5.74) is 4.10. The first-order valence-electron chi connectivity index (χ1n) is 3.61. The lowest BCUT2D eigenvalue weighted by atomic mass is 10.1. The van der Waals surface area contributed by atoms with Crippen molar-refractivity contribution < 1.29 is 17.6 Å². The zero-order valence-electron chi connectivity index (χ0n) is 6.83. The minimum atomic E-state index is -4.70. The maximum Gasteiger partial charge on any atom is 0.419 e. The summed E-state index contributed by atoms with van der Waals surface area (Å²) in [6, 6.07) is 1.94. The molecule has 78 valence electrons. The highest BCUT2D eigenvalue weighted by Crippen LogP contribution is 2.34. The van der Waals surface area contributed by atoms with Gasteiger partial charge in [-0.05, 0) is 33.6 Å². The minimum absolute atomic E-state index is 0.0675. The predicted octanol–water partition coefficient (Wildman–Crippen LogP) is 3.07. The van der Waals surface area contributed by atoms with Gasteiger partial charge in [0.15, 0.2) is 0 Å². The van der Waals surface area contributed by atoms with Crippen LogP contribution < -0.4 is 5.73 Å². The lowest BCUT2D eigenvalue weighted by Crippen LogP contribution is -2.10. The first kappa shape index (κ1) is 11.5. The Kier molecular flexibility index (Phi) is 3.16. The summed E-state index contributed by atoms with van der Waals surface area (Å²) in [6.45, 7) is -0.0675. The van der Waals surface area contributed by atoms with Crippen molar-refractivity contribution in [3.63, 3.8) is 0 Å². The van der Waals surface area contributed by atoms with Crippen molar-refractivity contribution in [1.29, 1.82) is 0 Å². The van der Waals surface area contributed by atoms with E-state index in [4.69, 9.17) is 5.73 Å². The van der Waals surface area contributed by atoms with E-state index < -0.39 is 17.6 Å². The highest BCUT2D eigenvalue weighted by molar-refractivity contribution is 9.10. The molecule has 0 aliphatic heterocycles. The molecule has 0 saturated heterocycles. The summed E-state index contributed by atoms with van der Waals surface area (Å²) < 4.78 is 49.5. The van der Waals surface area contributed by atoms with Crippen molar-refractivity contribution in [3.05, 3.63) is 33.5 Å². The third-order valence-corrected chi connectivity index (χ3v) is 2.21. The van der Waals surface area contributed by atoms with Crippen LogP contribution in [0.1, 0.15) is 11.1 Å². The molecule has 0 aliphatic carbocycles. The van der Waals surface area contributed by atoms with E-state index in [2.05, 4.69) is 15.9 Å². The van der Waals surface area contributed by atoms with E-state index in [-0.39, 0.29) is 16.6 Å². The second-order valence-corrected chi connectivity index (χ2v) is 3.50. The van der Waals surface area contributed by atoms with E-state index in [1.807, 2.05) is 0 Å². The predicted molar refractivity (Wildman–Crippen MR) is 47.0 cm³/mol. The number of benzene rings is 1. The van der Waals surface area contributed by atoms with Crippen LogP contribution in [0, 0.1) is 5.82 Å². The largest absolute Gasteiger partial charge is 0.419 e. The smallest absolute Gasteiger partial charge is 0.326 e. The van der Waals surface area contributed by atoms with Crippen molar-refractivity contribution in [2.24, 2.45) is 5.73 Å². The molecule has 1 aromatic carbocycles. The molecule has 0 aromatic heterocycles. The van der Waals surface area contributed by atoms with Crippen LogP contribution in [0.4, 0.5) is 17.6 Å². The number of hydrogen-bond acceptors (Lipinski definition) is 1. The van der Waals surface area contributed by atoms with Gasteiger partial charge in [0.2, 0.25) is 0 Å². The molecule has 2 N–H and O–H groups in total. The van der Waals surface area contributed by atoms with Crippen molar-refractivity contribution >= 4 is 15.9 Å². The second kappa shape index (κ2) is 3.86. The molecule has 0 fully saturated rings. The van der Waals surface area contributed by atoms with Gasteiger partial charge in [-0.15, -0.1) is 0 Å². The normalized spacial score (nSPS) is 11.9. The molecular weight excluding hydrogens is 266 g/mol. The van der Waals surface area contributed by atoms with E-state index in [1.165, 1.54) is 6.07 Å². The van der Waals surface area contributed by atoms with Crippen LogP contribution >= 0.6 is 15.9 Å². The Hall–Kier alpha value is -0.620. The Morgan fingerprint density at radius 1 is 1.29 bits per heavy atom. The summed E-state index contributed by atoms with van der Waals surface area (Å²) in [4.78, 5) is 0. The van der Waals surface area contributed by atoms with Crippen molar-refractivity contribution in [1.82, 2.24) is 0 Å². The van der Waals surface area contributed by atoms with E-state index in [1.54, 1.807) is 0 Å². The van der Waals surface area contributed by atoms with Crippen LogP contribution in [0.15, 0.2) is 16.6 Å². The van der Waals surface area contributed by atoms with E-state index in [9.17, 15) is 17.6 Å². The van der Waals surface area contributed by atoms with Gasteiger partial charge < -0.3 is 5.73 Å². The monoisotopic (exact) mass is 271 g/mol. The van der Waals surface area contributed by atoms with Crippen LogP contribution in [0.5, 0.6) is 0 Å². The third-order valence-electron chi connectivity index (χ3n) is 1.63. The molecule has 0 heterocycles. The molecule has 0 amide bonds. The highest BCUT2D eigenvalue weighted by Gasteiger charge is 2.35. The van der Waals surface area contributed by atoms with Gasteiger partial charge in [-0.1, -0.05) is 0 Å². The summed E-state index contributed by atoms with van der Waals surface area (Å²) >= 11 is 2.70. The fourth-order valence-electron chi connectivity index (χ4n) is 0.969. The lowest BCUT2D eigenvalue weighted by molar-refractivity contribution is -0.140. The molecule has 0 radical (unpaired) electrons. The summed E-state index contributed by atoms with van der Waals surface area (Å²) in [5.74, 6) is -1.31. The van der Waals surface area contributed by atoms with Crippen LogP contribution in [-0.4, -0.2) is 0 Å². The number of rotatable bonds is 1. The third kappa shape index (κ3) is 2.24. The number of hydrogen-bond donors (Lipinski definition) is 1. The average molecular weight is 272 g/mol. The molecule has 6 heteroatoms. The van der Waals surface area contributed by atoms with E-state index >= 15 is 0 Å². The van der Waals surface area contributed by atoms with E-state index in [0.29, 0.717) is 6.07 Å². The molecule has 0 spiro atoms. The Morgan fingerprint density at radius 2 is 1.86 bits per heavy atom. The van der Waals surface area contributed by atoms with Gasteiger partial charge in [0.05, 0.1) is 10.0 Å². The van der Waals surface area contributed by atoms with Gasteiger partial charge in [-0.2, -0.15) is 13.2 Å². The van der Waals surface area contributed by atoms with Gasteiger partial charge in [-0.25, -0.2) is 4.39 Å². The fourth-order valence-corrected chi connectivity index (χ4v) is 1.48. The first-order chi connectivity index (χ1) is 6.36. The highest BCUT2D eigenvalue weighted by atomic mass is 79.9. The fraction of sp³-hybridized carbons (Fsp3) is 0.250. The zero-order valence-corrected chi connectivity index (χ0v) is 8.41. The number of halogens is 5. The van der Waals surface area contributed by atoms with Gasteiger partial charge in [-0.3, -0.25) is 0 Å². The van der Waals surface area contributed by atoms with E-state index in [0.717, 1.165) is 0 Å². The standard InChI is InChI=1S/C8H6BrF4N/c9-6-2-4(3-14)1-5(7(6)10)8(11,12)13/h1-2H,3,14H2.